The molecule has 0 radical (unpaired) electrons. The van der Waals surface area contributed by atoms with Crippen molar-refractivity contribution >= 4 is 30.8 Å². The van der Waals surface area contributed by atoms with Gasteiger partial charge in [0.25, 0.3) is 0 Å². The summed E-state index contributed by atoms with van der Waals surface area (Å²) in [6.45, 7) is 1.96. The van der Waals surface area contributed by atoms with Gasteiger partial charge in [-0.15, -0.1) is 0 Å². The summed E-state index contributed by atoms with van der Waals surface area (Å²) >= 11 is 0. The molecule has 27 heavy (non-hydrogen) atoms. The summed E-state index contributed by atoms with van der Waals surface area (Å²) < 4.78 is 35.1. The molecule has 3 rings (SSSR count). The van der Waals surface area contributed by atoms with Gasteiger partial charge in [-0.1, -0.05) is 13.3 Å². The summed E-state index contributed by atoms with van der Waals surface area (Å²) in [5.74, 6) is 0.131. The van der Waals surface area contributed by atoms with Crippen molar-refractivity contribution in [2.75, 3.05) is 25.7 Å². The lowest BCUT2D eigenvalue weighted by Crippen LogP contribution is -2.35. The molecule has 0 amide bonds. The maximum atomic E-state index is 12.0. The fourth-order valence-corrected chi connectivity index (χ4v) is 3.82. The monoisotopic (exact) mass is 402 g/mol. The minimum absolute atomic E-state index is 0.00846. The molecule has 1 aliphatic heterocycles. The number of phosphoric ester groups is 1. The van der Waals surface area contributed by atoms with Gasteiger partial charge in [0.2, 0.25) is 5.95 Å². The molecule has 3 unspecified atom stereocenters. The number of ether oxygens (including phenoxy) is 2. The predicted octanol–water partition coefficient (Wildman–Crippen LogP) is 0.835. The zero-order valence-corrected chi connectivity index (χ0v) is 16.1. The highest BCUT2D eigenvalue weighted by Crippen LogP contribution is 2.49. The van der Waals surface area contributed by atoms with E-state index in [9.17, 15) is 9.46 Å². The average molecular weight is 402 g/mol. The van der Waals surface area contributed by atoms with Crippen molar-refractivity contribution in [3.63, 3.8) is 0 Å². The number of imidazole rings is 1. The molecule has 1 fully saturated rings. The number of hydrogen-bond donors (Lipinski definition) is 3. The highest BCUT2D eigenvalue weighted by atomic mass is 31.2. The first-order valence-corrected chi connectivity index (χ1v) is 9.81. The van der Waals surface area contributed by atoms with Crippen LogP contribution in [0.4, 0.5) is 11.8 Å². The third-order valence-electron chi connectivity index (χ3n) is 4.36. The predicted molar refractivity (Wildman–Crippen MR) is 95.5 cm³/mol. The van der Waals surface area contributed by atoms with E-state index in [2.05, 4.69) is 19.5 Å². The summed E-state index contributed by atoms with van der Waals surface area (Å²) in [5.41, 5.74) is 12.3. The summed E-state index contributed by atoms with van der Waals surface area (Å²) in [6, 6.07) is 0. The number of rotatable bonds is 7. The molecular formula is C14H23N6O6P. The molecule has 150 valence electrons. The van der Waals surface area contributed by atoms with Crippen molar-refractivity contribution < 1.29 is 28.0 Å². The normalized spacial score (nSPS) is 27.9. The van der Waals surface area contributed by atoms with Crippen molar-refractivity contribution in [1.29, 1.82) is 0 Å². The Morgan fingerprint density at radius 2 is 2.07 bits per heavy atom. The zero-order chi connectivity index (χ0) is 19.8. The van der Waals surface area contributed by atoms with Gasteiger partial charge < -0.3 is 25.8 Å². The van der Waals surface area contributed by atoms with Crippen molar-refractivity contribution in [3.8, 4) is 0 Å². The summed E-state index contributed by atoms with van der Waals surface area (Å²) in [4.78, 5) is 22.0. The number of nitrogens with two attached hydrogens (primary N) is 2. The second-order valence-corrected chi connectivity index (χ2v) is 7.58. The second kappa shape index (κ2) is 7.66. The van der Waals surface area contributed by atoms with Gasteiger partial charge in [-0.05, 0) is 6.42 Å². The Bertz CT molecular complexity index is 862. The summed E-state index contributed by atoms with van der Waals surface area (Å²) in [6.07, 6.45) is 0.0182. The standard InChI is InChI=1S/C14H23N6O6P/c1-4-5-7-9(26-27(21,22)24-3)10(23-2)13(25-7)20-6-17-8-11(15)18-14(16)19-12(8)20/h6-7,9-10,13H,4-5H2,1-3H3,(H,21,22)(H4,15,16,18,19)/t7-,9?,10?,13-/m1/s1. The van der Waals surface area contributed by atoms with Crippen LogP contribution >= 0.6 is 7.82 Å². The minimum Gasteiger partial charge on any atom is -0.382 e. The van der Waals surface area contributed by atoms with Crippen LogP contribution in [0.1, 0.15) is 26.0 Å². The fraction of sp³-hybridized carbons (Fsp3) is 0.643. The Balaban J connectivity index is 2.01. The van der Waals surface area contributed by atoms with Gasteiger partial charge in [-0.2, -0.15) is 9.97 Å². The number of nitrogen functional groups attached to an aromatic ring is 2. The van der Waals surface area contributed by atoms with Gasteiger partial charge in [0.15, 0.2) is 17.7 Å². The first-order valence-electron chi connectivity index (χ1n) is 8.32. The molecule has 12 nitrogen and oxygen atoms in total. The second-order valence-electron chi connectivity index (χ2n) is 6.07. The highest BCUT2D eigenvalue weighted by molar-refractivity contribution is 7.47. The Hall–Kier alpha value is -1.82. The average Bonchev–Trinajstić information content (AvgIpc) is 3.16. The third-order valence-corrected chi connectivity index (χ3v) is 5.33. The lowest BCUT2D eigenvalue weighted by Gasteiger charge is -2.24. The SMILES string of the molecule is CCC[C@H]1O[C@@H](n2cnc3c(N)nc(N)nc32)C(OC)C1OP(=O)(O)OC. The third kappa shape index (κ3) is 3.77. The molecule has 3 heterocycles. The van der Waals surface area contributed by atoms with Crippen molar-refractivity contribution in [2.24, 2.45) is 0 Å². The van der Waals surface area contributed by atoms with E-state index in [1.807, 2.05) is 6.92 Å². The first-order chi connectivity index (χ1) is 12.8. The number of aromatic nitrogens is 4. The Morgan fingerprint density at radius 1 is 1.33 bits per heavy atom. The van der Waals surface area contributed by atoms with Gasteiger partial charge in [0, 0.05) is 14.2 Å². The zero-order valence-electron chi connectivity index (χ0n) is 15.2. The molecule has 0 spiro atoms. The van der Waals surface area contributed by atoms with E-state index in [1.165, 1.54) is 13.4 Å². The van der Waals surface area contributed by atoms with Crippen LogP contribution in [-0.2, 0) is 23.1 Å². The van der Waals surface area contributed by atoms with E-state index in [1.54, 1.807) is 4.57 Å². The van der Waals surface area contributed by atoms with Crippen LogP contribution in [0, 0.1) is 0 Å². The minimum atomic E-state index is -4.25. The number of methoxy groups -OCH3 is 1. The molecule has 2 aromatic rings. The molecule has 1 aliphatic rings. The molecule has 0 aromatic carbocycles. The molecule has 0 aliphatic carbocycles. The molecule has 5 N–H and O–H groups in total. The maximum absolute atomic E-state index is 12.0. The Kier molecular flexibility index (Phi) is 5.65. The molecule has 13 heteroatoms. The van der Waals surface area contributed by atoms with Crippen molar-refractivity contribution in [1.82, 2.24) is 19.5 Å². The van der Waals surface area contributed by atoms with Crippen LogP contribution in [0.5, 0.6) is 0 Å². The van der Waals surface area contributed by atoms with E-state index >= 15 is 0 Å². The van der Waals surface area contributed by atoms with Crippen LogP contribution in [0.3, 0.4) is 0 Å². The van der Waals surface area contributed by atoms with Crippen LogP contribution in [0.15, 0.2) is 6.33 Å². The Labute approximate surface area is 155 Å². The maximum Gasteiger partial charge on any atom is 0.472 e. The number of nitrogens with zero attached hydrogens (tertiary/aromatic N) is 4. The quantitative estimate of drug-likeness (QED) is 0.561. The molecule has 1 saturated heterocycles. The number of fused-ring (bicyclic) bond motifs is 1. The Morgan fingerprint density at radius 3 is 2.70 bits per heavy atom. The first kappa shape index (κ1) is 19.9. The van der Waals surface area contributed by atoms with Gasteiger partial charge in [0.1, 0.15) is 17.7 Å². The molecule has 0 bridgehead atoms. The topological polar surface area (TPSA) is 170 Å². The van der Waals surface area contributed by atoms with E-state index in [0.717, 1.165) is 13.5 Å². The van der Waals surface area contributed by atoms with E-state index in [-0.39, 0.29) is 11.8 Å². The largest absolute Gasteiger partial charge is 0.472 e. The van der Waals surface area contributed by atoms with Crippen LogP contribution in [0.25, 0.3) is 11.2 Å². The molecule has 2 aromatic heterocycles. The van der Waals surface area contributed by atoms with Gasteiger partial charge >= 0.3 is 7.82 Å². The smallest absolute Gasteiger partial charge is 0.382 e. The van der Waals surface area contributed by atoms with E-state index in [0.29, 0.717) is 17.6 Å². The van der Waals surface area contributed by atoms with Crippen LogP contribution in [-0.4, -0.2) is 56.9 Å². The molecular weight excluding hydrogens is 379 g/mol. The molecule has 0 saturated carbocycles. The summed E-state index contributed by atoms with van der Waals surface area (Å²) in [7, 11) is -1.70. The number of anilines is 2. The number of phosphoric acid groups is 1. The lowest BCUT2D eigenvalue weighted by molar-refractivity contribution is -0.0504. The van der Waals surface area contributed by atoms with Crippen molar-refractivity contribution in [2.45, 2.75) is 44.3 Å². The van der Waals surface area contributed by atoms with Gasteiger partial charge in [0.05, 0.1) is 12.4 Å². The molecule has 5 atom stereocenters. The summed E-state index contributed by atoms with van der Waals surface area (Å²) in [5, 5.41) is 0. The number of hydrogen-bond acceptors (Lipinski definition) is 10. The van der Waals surface area contributed by atoms with E-state index < -0.39 is 32.4 Å². The van der Waals surface area contributed by atoms with E-state index in [4.69, 9.17) is 25.5 Å². The lowest BCUT2D eigenvalue weighted by atomic mass is 10.1. The fourth-order valence-electron chi connectivity index (χ4n) is 3.17. The van der Waals surface area contributed by atoms with Crippen molar-refractivity contribution in [3.05, 3.63) is 6.33 Å². The van der Waals surface area contributed by atoms with Crippen LogP contribution in [0.2, 0.25) is 0 Å². The van der Waals surface area contributed by atoms with Gasteiger partial charge in [-0.25, -0.2) is 9.55 Å². The van der Waals surface area contributed by atoms with Gasteiger partial charge in [-0.3, -0.25) is 13.6 Å². The highest BCUT2D eigenvalue weighted by Gasteiger charge is 2.49. The van der Waals surface area contributed by atoms with Crippen LogP contribution < -0.4 is 11.5 Å².